The number of methoxy groups -OCH3 is 1. The third-order valence-corrected chi connectivity index (χ3v) is 3.52. The van der Waals surface area contributed by atoms with Gasteiger partial charge in [0.1, 0.15) is 5.75 Å². The maximum atomic E-state index is 12.0. The monoisotopic (exact) mass is 319 g/mol. The van der Waals surface area contributed by atoms with Crippen molar-refractivity contribution in [1.82, 2.24) is 10.2 Å². The van der Waals surface area contributed by atoms with Gasteiger partial charge in [-0.3, -0.25) is 14.4 Å². The average molecular weight is 319 g/mol. The van der Waals surface area contributed by atoms with Crippen LogP contribution >= 0.6 is 0 Å². The highest BCUT2D eigenvalue weighted by molar-refractivity contribution is 5.95. The molecule has 0 spiro atoms. The number of nitrogens with one attached hydrogen (secondary N) is 2. The fraction of sp³-hybridized carbons (Fsp3) is 0.438. The van der Waals surface area contributed by atoms with Crippen LogP contribution in [0, 0.1) is 5.92 Å². The van der Waals surface area contributed by atoms with E-state index in [1.54, 1.807) is 31.4 Å². The van der Waals surface area contributed by atoms with E-state index in [9.17, 15) is 14.4 Å². The molecule has 0 bridgehead atoms. The van der Waals surface area contributed by atoms with E-state index in [1.165, 1.54) is 11.9 Å². The summed E-state index contributed by atoms with van der Waals surface area (Å²) in [5, 5.41) is 5.28. The van der Waals surface area contributed by atoms with Crippen molar-refractivity contribution >= 4 is 23.4 Å². The first kappa shape index (κ1) is 16.8. The highest BCUT2D eigenvalue weighted by Crippen LogP contribution is 2.28. The van der Waals surface area contributed by atoms with Crippen molar-refractivity contribution in [2.24, 2.45) is 5.92 Å². The van der Waals surface area contributed by atoms with Crippen LogP contribution < -0.4 is 15.4 Å². The zero-order chi connectivity index (χ0) is 16.8. The number of likely N-dealkylation sites (N-methyl/N-ethyl adjacent to an activating group) is 1. The lowest BCUT2D eigenvalue weighted by Crippen LogP contribution is -2.41. The quantitative estimate of drug-likeness (QED) is 0.771. The maximum Gasteiger partial charge on any atom is 0.243 e. The Morgan fingerprint density at radius 1 is 1.30 bits per heavy atom. The Hall–Kier alpha value is -2.57. The number of benzene rings is 1. The van der Waals surface area contributed by atoms with Gasteiger partial charge in [0.25, 0.3) is 0 Å². The van der Waals surface area contributed by atoms with Crippen molar-refractivity contribution in [3.8, 4) is 5.75 Å². The zero-order valence-corrected chi connectivity index (χ0v) is 13.3. The summed E-state index contributed by atoms with van der Waals surface area (Å²) in [6.45, 7) is -0.173. The van der Waals surface area contributed by atoms with Crippen LogP contribution in [0.2, 0.25) is 0 Å². The molecule has 0 aromatic heterocycles. The van der Waals surface area contributed by atoms with Crippen LogP contribution in [0.5, 0.6) is 5.75 Å². The number of amides is 3. The SMILES string of the molecule is COc1cccc(NC(=O)CN(C)C(=O)CNC(=O)C2CC2)c1. The molecule has 0 atom stereocenters. The Balaban J connectivity index is 1.76. The third kappa shape index (κ3) is 5.28. The molecule has 1 aromatic carbocycles. The van der Waals surface area contributed by atoms with Gasteiger partial charge in [0.05, 0.1) is 20.2 Å². The molecule has 3 amide bonds. The van der Waals surface area contributed by atoms with Gasteiger partial charge in [0.15, 0.2) is 0 Å². The summed E-state index contributed by atoms with van der Waals surface area (Å²) in [7, 11) is 3.07. The highest BCUT2D eigenvalue weighted by Gasteiger charge is 2.29. The molecule has 2 N–H and O–H groups in total. The first-order chi connectivity index (χ1) is 11.0. The fourth-order valence-electron chi connectivity index (χ4n) is 1.99. The molecule has 0 radical (unpaired) electrons. The van der Waals surface area contributed by atoms with Crippen LogP contribution in [0.1, 0.15) is 12.8 Å². The van der Waals surface area contributed by atoms with Gasteiger partial charge < -0.3 is 20.3 Å². The average Bonchev–Trinajstić information content (AvgIpc) is 3.37. The van der Waals surface area contributed by atoms with Gasteiger partial charge in [0.2, 0.25) is 17.7 Å². The first-order valence-electron chi connectivity index (χ1n) is 7.45. The van der Waals surface area contributed by atoms with Gasteiger partial charge in [-0.15, -0.1) is 0 Å². The lowest BCUT2D eigenvalue weighted by Gasteiger charge is -2.17. The van der Waals surface area contributed by atoms with Gasteiger partial charge in [-0.1, -0.05) is 6.07 Å². The molecule has 0 aliphatic heterocycles. The molecule has 7 heteroatoms. The predicted octanol–water partition coefficient (Wildman–Crippen LogP) is 0.618. The second-order valence-corrected chi connectivity index (χ2v) is 5.52. The number of hydrogen-bond acceptors (Lipinski definition) is 4. The van der Waals surface area contributed by atoms with Crippen molar-refractivity contribution in [3.63, 3.8) is 0 Å². The van der Waals surface area contributed by atoms with Gasteiger partial charge >= 0.3 is 0 Å². The number of carbonyl (C=O) groups is 3. The minimum Gasteiger partial charge on any atom is -0.497 e. The molecule has 1 saturated carbocycles. The molecule has 1 aliphatic rings. The fourth-order valence-corrected chi connectivity index (χ4v) is 1.99. The molecule has 1 aliphatic carbocycles. The standard InChI is InChI=1S/C16H21N3O4/c1-19(15(21)9-17-16(22)11-6-7-11)10-14(20)18-12-4-3-5-13(8-12)23-2/h3-5,8,11H,6-7,9-10H2,1-2H3,(H,17,22)(H,18,20). The van der Waals surface area contributed by atoms with Crippen LogP contribution in [0.25, 0.3) is 0 Å². The molecular weight excluding hydrogens is 298 g/mol. The van der Waals surface area contributed by atoms with Crippen molar-refractivity contribution in [3.05, 3.63) is 24.3 Å². The van der Waals surface area contributed by atoms with Crippen LogP contribution in [0.4, 0.5) is 5.69 Å². The van der Waals surface area contributed by atoms with Crippen molar-refractivity contribution in [2.45, 2.75) is 12.8 Å². The molecule has 1 fully saturated rings. The Morgan fingerprint density at radius 3 is 2.70 bits per heavy atom. The topological polar surface area (TPSA) is 87.7 Å². The summed E-state index contributed by atoms with van der Waals surface area (Å²) >= 11 is 0. The Bertz CT molecular complexity index is 599. The molecule has 7 nitrogen and oxygen atoms in total. The van der Waals surface area contributed by atoms with E-state index in [4.69, 9.17) is 4.74 Å². The maximum absolute atomic E-state index is 12.0. The summed E-state index contributed by atoms with van der Waals surface area (Å²) in [6, 6.07) is 6.96. The number of carbonyl (C=O) groups excluding carboxylic acids is 3. The van der Waals surface area contributed by atoms with Crippen molar-refractivity contribution in [2.75, 3.05) is 32.6 Å². The minimum absolute atomic E-state index is 0.0597. The van der Waals surface area contributed by atoms with E-state index in [1.807, 2.05) is 0 Å². The summed E-state index contributed by atoms with van der Waals surface area (Å²) in [5.41, 5.74) is 0.595. The molecule has 124 valence electrons. The van der Waals surface area contributed by atoms with E-state index in [0.29, 0.717) is 11.4 Å². The number of hydrogen-bond donors (Lipinski definition) is 2. The van der Waals surface area contributed by atoms with Gasteiger partial charge in [-0.05, 0) is 25.0 Å². The van der Waals surface area contributed by atoms with E-state index in [2.05, 4.69) is 10.6 Å². The number of ether oxygens (including phenoxy) is 1. The summed E-state index contributed by atoms with van der Waals surface area (Å²) in [4.78, 5) is 36.6. The second-order valence-electron chi connectivity index (χ2n) is 5.52. The Labute approximate surface area is 135 Å². The van der Waals surface area contributed by atoms with Crippen LogP contribution in [-0.2, 0) is 14.4 Å². The third-order valence-electron chi connectivity index (χ3n) is 3.52. The minimum atomic E-state index is -0.317. The number of rotatable bonds is 7. The molecule has 23 heavy (non-hydrogen) atoms. The lowest BCUT2D eigenvalue weighted by atomic mass is 10.3. The van der Waals surface area contributed by atoms with Gasteiger partial charge in [-0.2, -0.15) is 0 Å². The van der Waals surface area contributed by atoms with Crippen LogP contribution in [-0.4, -0.2) is 49.9 Å². The summed E-state index contributed by atoms with van der Waals surface area (Å²) < 4.78 is 5.08. The molecule has 0 unspecified atom stereocenters. The molecule has 1 aromatic rings. The van der Waals surface area contributed by atoms with Crippen LogP contribution in [0.3, 0.4) is 0 Å². The largest absolute Gasteiger partial charge is 0.497 e. The first-order valence-corrected chi connectivity index (χ1v) is 7.45. The number of anilines is 1. The Kier molecular flexibility index (Phi) is 5.56. The zero-order valence-electron chi connectivity index (χ0n) is 13.3. The normalized spacial score (nSPS) is 13.1. The molecule has 2 rings (SSSR count). The summed E-state index contributed by atoms with van der Waals surface area (Å²) in [6.07, 6.45) is 1.78. The van der Waals surface area contributed by atoms with Crippen molar-refractivity contribution in [1.29, 1.82) is 0 Å². The molecular formula is C16H21N3O4. The van der Waals surface area contributed by atoms with E-state index in [0.717, 1.165) is 12.8 Å². The Morgan fingerprint density at radius 2 is 2.04 bits per heavy atom. The predicted molar refractivity (Wildman–Crippen MR) is 85.0 cm³/mol. The van der Waals surface area contributed by atoms with E-state index < -0.39 is 0 Å². The van der Waals surface area contributed by atoms with E-state index in [-0.39, 0.29) is 36.7 Å². The van der Waals surface area contributed by atoms with Gasteiger partial charge in [-0.25, -0.2) is 0 Å². The summed E-state index contributed by atoms with van der Waals surface area (Å²) in [5.74, 6) is -0.0190. The second kappa shape index (κ2) is 7.62. The van der Waals surface area contributed by atoms with Crippen molar-refractivity contribution < 1.29 is 19.1 Å². The highest BCUT2D eigenvalue weighted by atomic mass is 16.5. The van der Waals surface area contributed by atoms with E-state index >= 15 is 0 Å². The lowest BCUT2D eigenvalue weighted by molar-refractivity contribution is -0.134. The molecule has 0 saturated heterocycles. The number of nitrogens with zero attached hydrogens (tertiary/aromatic N) is 1. The van der Waals surface area contributed by atoms with Gasteiger partial charge in [0, 0.05) is 24.7 Å². The smallest absolute Gasteiger partial charge is 0.243 e. The van der Waals surface area contributed by atoms with Crippen LogP contribution in [0.15, 0.2) is 24.3 Å². The molecule has 0 heterocycles.